The highest BCUT2D eigenvalue weighted by Gasteiger charge is 2.33. The lowest BCUT2D eigenvalue weighted by atomic mass is 9.80. The Morgan fingerprint density at radius 2 is 1.88 bits per heavy atom. The van der Waals surface area contributed by atoms with Gasteiger partial charge in [-0.3, -0.25) is 9.59 Å². The van der Waals surface area contributed by atoms with E-state index in [0.717, 1.165) is 40.3 Å². The maximum Gasteiger partial charge on any atom is 0.293 e. The fraction of sp³-hybridized carbons (Fsp3) is 0.588. The Morgan fingerprint density at radius 1 is 1.15 bits per heavy atom. The minimum atomic E-state index is -0.0983. The van der Waals surface area contributed by atoms with Gasteiger partial charge in [0, 0.05) is 42.4 Å². The molecule has 0 unspecified atom stereocenters. The summed E-state index contributed by atoms with van der Waals surface area (Å²) in [7, 11) is 0. The van der Waals surface area contributed by atoms with Crippen LogP contribution in [0.1, 0.15) is 107 Å². The molecular formula is C34H46N4O3. The van der Waals surface area contributed by atoms with Crippen molar-refractivity contribution in [3.05, 3.63) is 52.2 Å². The maximum absolute atomic E-state index is 13.5. The molecule has 2 aromatic rings. The number of benzene rings is 1. The Balaban J connectivity index is 1.53. The Hall–Kier alpha value is -3.22. The van der Waals surface area contributed by atoms with Crippen LogP contribution in [0, 0.1) is 18.8 Å². The summed E-state index contributed by atoms with van der Waals surface area (Å²) in [5.74, 6) is 0.961. The smallest absolute Gasteiger partial charge is 0.293 e. The number of amides is 1. The second kappa shape index (κ2) is 11.9. The van der Waals surface area contributed by atoms with E-state index < -0.39 is 0 Å². The molecule has 0 saturated heterocycles. The molecule has 0 atom stereocenters. The number of ether oxygens (including phenoxy) is 1. The van der Waals surface area contributed by atoms with Gasteiger partial charge in [-0.25, -0.2) is 0 Å². The topological polar surface area (TPSA) is 85.0 Å². The second-order valence-corrected chi connectivity index (χ2v) is 13.6. The molecule has 7 nitrogen and oxygen atoms in total. The molecule has 2 heterocycles. The SMILES string of the molecule is Cc1c(C(=O)N[C@H]2C[C@H](OC=O)C2)cc(-c2ccc(C3=C(C(C)C)CN=N3)c(C(C)(C)C)c2)n1CC1CCCCC1. The fourth-order valence-corrected chi connectivity index (χ4v) is 6.65. The van der Waals surface area contributed by atoms with Crippen LogP contribution in [-0.4, -0.2) is 35.6 Å². The van der Waals surface area contributed by atoms with Crippen molar-refractivity contribution in [1.82, 2.24) is 9.88 Å². The van der Waals surface area contributed by atoms with Gasteiger partial charge < -0.3 is 14.6 Å². The summed E-state index contributed by atoms with van der Waals surface area (Å²) >= 11 is 0. The van der Waals surface area contributed by atoms with Gasteiger partial charge in [-0.1, -0.05) is 66.0 Å². The van der Waals surface area contributed by atoms with Crippen LogP contribution in [0.5, 0.6) is 0 Å². The number of azo groups is 1. The van der Waals surface area contributed by atoms with E-state index in [2.05, 4.69) is 85.9 Å². The van der Waals surface area contributed by atoms with Crippen molar-refractivity contribution >= 4 is 18.1 Å². The third kappa shape index (κ3) is 6.19. The Kier molecular flexibility index (Phi) is 8.53. The number of aromatic nitrogens is 1. The lowest BCUT2D eigenvalue weighted by molar-refractivity contribution is -0.138. The minimum Gasteiger partial charge on any atom is -0.464 e. The summed E-state index contributed by atoms with van der Waals surface area (Å²) < 4.78 is 7.43. The van der Waals surface area contributed by atoms with Crippen molar-refractivity contribution in [3.63, 3.8) is 0 Å². The van der Waals surface area contributed by atoms with Gasteiger partial charge in [0.1, 0.15) is 6.10 Å². The summed E-state index contributed by atoms with van der Waals surface area (Å²) in [4.78, 5) is 24.2. The first-order valence-corrected chi connectivity index (χ1v) is 15.4. The van der Waals surface area contributed by atoms with Gasteiger partial charge in [0.25, 0.3) is 12.4 Å². The molecule has 7 heteroatoms. The molecule has 5 rings (SSSR count). The number of hydrogen-bond donors (Lipinski definition) is 1. The average molecular weight is 559 g/mol. The van der Waals surface area contributed by atoms with Gasteiger partial charge in [0.2, 0.25) is 0 Å². The maximum atomic E-state index is 13.5. The number of rotatable bonds is 9. The van der Waals surface area contributed by atoms with Crippen LogP contribution in [0.15, 0.2) is 40.1 Å². The van der Waals surface area contributed by atoms with E-state index >= 15 is 0 Å². The largest absolute Gasteiger partial charge is 0.464 e. The molecule has 0 radical (unpaired) electrons. The number of carbonyl (C=O) groups is 2. The third-order valence-electron chi connectivity index (χ3n) is 9.25. The van der Waals surface area contributed by atoms with Crippen molar-refractivity contribution < 1.29 is 14.3 Å². The van der Waals surface area contributed by atoms with Crippen LogP contribution in [0.3, 0.4) is 0 Å². The van der Waals surface area contributed by atoms with E-state index in [1.165, 1.54) is 43.2 Å². The normalized spacial score (nSPS) is 21.3. The third-order valence-corrected chi connectivity index (χ3v) is 9.25. The van der Waals surface area contributed by atoms with Gasteiger partial charge >= 0.3 is 0 Å². The van der Waals surface area contributed by atoms with Crippen molar-refractivity contribution in [2.45, 2.75) is 111 Å². The lowest BCUT2D eigenvalue weighted by Crippen LogP contribution is -2.47. The van der Waals surface area contributed by atoms with E-state index in [9.17, 15) is 9.59 Å². The molecule has 1 aromatic heterocycles. The van der Waals surface area contributed by atoms with E-state index in [4.69, 9.17) is 4.74 Å². The fourth-order valence-electron chi connectivity index (χ4n) is 6.65. The second-order valence-electron chi connectivity index (χ2n) is 13.6. The molecule has 220 valence electrons. The van der Waals surface area contributed by atoms with E-state index in [0.29, 0.717) is 37.7 Å². The standard InChI is InChI=1S/C34H46N4O3/c1-21(2)29-18-35-37-32(29)27-13-12-24(14-30(27)34(4,5)6)31-17-28(33(40)36-25-15-26(16-25)41-20-39)22(3)38(31)19-23-10-8-7-9-11-23/h12-14,17,20-21,23,25-26H,7-11,15-16,18-19H2,1-6H3,(H,36,40)/t25-,26-. The van der Waals surface area contributed by atoms with E-state index in [1.807, 2.05) is 0 Å². The van der Waals surface area contributed by atoms with Gasteiger partial charge in [-0.2, -0.15) is 10.2 Å². The zero-order valence-electron chi connectivity index (χ0n) is 25.6. The molecule has 2 aliphatic carbocycles. The first-order valence-electron chi connectivity index (χ1n) is 15.4. The first kappa shape index (κ1) is 29.3. The highest BCUT2D eigenvalue weighted by atomic mass is 16.5. The summed E-state index contributed by atoms with van der Waals surface area (Å²) in [6, 6.07) is 8.85. The monoisotopic (exact) mass is 558 g/mol. The molecule has 3 aliphatic rings. The van der Waals surface area contributed by atoms with Crippen molar-refractivity contribution in [2.24, 2.45) is 22.1 Å². The summed E-state index contributed by atoms with van der Waals surface area (Å²) in [5.41, 5.74) is 8.57. The van der Waals surface area contributed by atoms with Gasteiger partial charge in [0.15, 0.2) is 0 Å². The number of hydrogen-bond acceptors (Lipinski definition) is 5. The van der Waals surface area contributed by atoms with Crippen molar-refractivity contribution in [2.75, 3.05) is 6.54 Å². The lowest BCUT2D eigenvalue weighted by Gasteiger charge is -2.34. The Labute approximate surface area is 244 Å². The summed E-state index contributed by atoms with van der Waals surface area (Å²) in [5, 5.41) is 12.2. The number of nitrogens with zero attached hydrogens (tertiary/aromatic N) is 3. The molecule has 2 fully saturated rings. The summed E-state index contributed by atoms with van der Waals surface area (Å²) in [6.45, 7) is 15.4. The number of nitrogens with one attached hydrogen (secondary N) is 1. The Morgan fingerprint density at radius 3 is 2.54 bits per heavy atom. The van der Waals surface area contributed by atoms with E-state index in [1.54, 1.807) is 0 Å². The van der Waals surface area contributed by atoms with Gasteiger partial charge in [-0.15, -0.1) is 0 Å². The average Bonchev–Trinajstić information content (AvgIpc) is 3.53. The highest BCUT2D eigenvalue weighted by Crippen LogP contribution is 2.40. The Bertz CT molecular complexity index is 1350. The molecule has 1 amide bonds. The molecule has 1 N–H and O–H groups in total. The van der Waals surface area contributed by atoms with E-state index in [-0.39, 0.29) is 23.5 Å². The van der Waals surface area contributed by atoms with Crippen LogP contribution >= 0.6 is 0 Å². The van der Waals surface area contributed by atoms with Crippen LogP contribution in [0.4, 0.5) is 0 Å². The molecule has 0 bridgehead atoms. The predicted octanol–water partition coefficient (Wildman–Crippen LogP) is 7.61. The van der Waals surface area contributed by atoms with Crippen molar-refractivity contribution in [1.29, 1.82) is 0 Å². The summed E-state index contributed by atoms with van der Waals surface area (Å²) in [6.07, 6.45) is 7.60. The molecule has 2 saturated carbocycles. The van der Waals surface area contributed by atoms with Crippen LogP contribution in [0.25, 0.3) is 17.0 Å². The molecule has 1 aliphatic heterocycles. The minimum absolute atomic E-state index is 0.0350. The zero-order valence-corrected chi connectivity index (χ0v) is 25.6. The molecule has 1 aromatic carbocycles. The van der Waals surface area contributed by atoms with Crippen molar-refractivity contribution in [3.8, 4) is 11.3 Å². The van der Waals surface area contributed by atoms with Gasteiger partial charge in [-0.05, 0) is 65.8 Å². The van der Waals surface area contributed by atoms with Gasteiger partial charge in [0.05, 0.1) is 17.8 Å². The zero-order chi connectivity index (χ0) is 29.3. The van der Waals surface area contributed by atoms with Crippen LogP contribution < -0.4 is 5.32 Å². The van der Waals surface area contributed by atoms with Crippen LogP contribution in [0.2, 0.25) is 0 Å². The molecular weight excluding hydrogens is 512 g/mol. The molecule has 0 spiro atoms. The predicted molar refractivity (Wildman–Crippen MR) is 163 cm³/mol. The first-order chi connectivity index (χ1) is 19.6. The quantitative estimate of drug-likeness (QED) is 0.322. The highest BCUT2D eigenvalue weighted by molar-refractivity contribution is 5.97. The molecule has 41 heavy (non-hydrogen) atoms. The number of carbonyl (C=O) groups excluding carboxylic acids is 2. The van der Waals surface area contributed by atoms with Crippen LogP contribution in [-0.2, 0) is 21.5 Å².